The van der Waals surface area contributed by atoms with E-state index in [2.05, 4.69) is 5.32 Å². The summed E-state index contributed by atoms with van der Waals surface area (Å²) in [6, 6.07) is 4.76. The van der Waals surface area contributed by atoms with Crippen LogP contribution in [0.2, 0.25) is 0 Å². The van der Waals surface area contributed by atoms with Crippen molar-refractivity contribution in [1.29, 1.82) is 0 Å². The largest absolute Gasteiger partial charge is 0.507 e. The number of cyclic esters (lactones) is 1. The summed E-state index contributed by atoms with van der Waals surface area (Å²) in [5, 5.41) is 12.8. The SMILES string of the molecule is COc1ccc([C@@H]2NC(=O)OCC2(C)C)c(O)c1. The van der Waals surface area contributed by atoms with Crippen molar-refractivity contribution in [2.45, 2.75) is 19.9 Å². The molecule has 1 fully saturated rings. The Balaban J connectivity index is 2.37. The first-order valence-electron chi connectivity index (χ1n) is 5.74. The number of benzene rings is 1. The fourth-order valence-electron chi connectivity index (χ4n) is 2.08. The Hall–Kier alpha value is -1.91. The first-order chi connectivity index (χ1) is 8.44. The number of alkyl carbamates (subject to hydrolysis) is 1. The summed E-state index contributed by atoms with van der Waals surface area (Å²) in [6.07, 6.45) is -0.463. The minimum Gasteiger partial charge on any atom is -0.507 e. The molecule has 1 aromatic carbocycles. The normalized spacial score (nSPS) is 21.9. The molecule has 98 valence electrons. The minimum absolute atomic E-state index is 0.106. The van der Waals surface area contributed by atoms with Gasteiger partial charge in [-0.1, -0.05) is 13.8 Å². The van der Waals surface area contributed by atoms with E-state index in [0.29, 0.717) is 17.9 Å². The lowest BCUT2D eigenvalue weighted by molar-refractivity contribution is 0.0381. The number of hydrogen-bond acceptors (Lipinski definition) is 4. The van der Waals surface area contributed by atoms with Crippen molar-refractivity contribution in [3.63, 3.8) is 0 Å². The number of carbonyl (C=O) groups excluding carboxylic acids is 1. The summed E-state index contributed by atoms with van der Waals surface area (Å²) in [5.41, 5.74) is 0.373. The quantitative estimate of drug-likeness (QED) is 0.845. The molecule has 18 heavy (non-hydrogen) atoms. The fourth-order valence-corrected chi connectivity index (χ4v) is 2.08. The van der Waals surface area contributed by atoms with Crippen molar-refractivity contribution in [2.24, 2.45) is 5.41 Å². The maximum atomic E-state index is 11.3. The van der Waals surface area contributed by atoms with Crippen LogP contribution in [0.25, 0.3) is 0 Å². The van der Waals surface area contributed by atoms with Gasteiger partial charge in [0.1, 0.15) is 18.1 Å². The zero-order chi connectivity index (χ0) is 13.3. The molecule has 0 unspecified atom stereocenters. The van der Waals surface area contributed by atoms with Crippen LogP contribution in [-0.2, 0) is 4.74 Å². The van der Waals surface area contributed by atoms with E-state index in [1.54, 1.807) is 12.1 Å². The van der Waals surface area contributed by atoms with Crippen LogP contribution in [0.4, 0.5) is 4.79 Å². The van der Waals surface area contributed by atoms with Crippen molar-refractivity contribution in [1.82, 2.24) is 5.32 Å². The molecule has 1 amide bonds. The molecule has 1 atom stereocenters. The molecule has 0 aromatic heterocycles. The maximum Gasteiger partial charge on any atom is 0.407 e. The van der Waals surface area contributed by atoms with E-state index in [4.69, 9.17) is 9.47 Å². The predicted octanol–water partition coefficient (Wildman–Crippen LogP) is 2.21. The summed E-state index contributed by atoms with van der Waals surface area (Å²) >= 11 is 0. The van der Waals surface area contributed by atoms with E-state index in [9.17, 15) is 9.90 Å². The predicted molar refractivity (Wildman–Crippen MR) is 65.7 cm³/mol. The van der Waals surface area contributed by atoms with E-state index >= 15 is 0 Å². The van der Waals surface area contributed by atoms with Gasteiger partial charge in [0.15, 0.2) is 0 Å². The number of phenolic OH excluding ortho intramolecular Hbond substituents is 1. The number of ether oxygens (including phenoxy) is 2. The highest BCUT2D eigenvalue weighted by molar-refractivity contribution is 5.69. The van der Waals surface area contributed by atoms with Crippen LogP contribution in [0.5, 0.6) is 11.5 Å². The number of aromatic hydroxyl groups is 1. The number of rotatable bonds is 2. The maximum absolute atomic E-state index is 11.3. The lowest BCUT2D eigenvalue weighted by Gasteiger charge is -2.38. The Bertz CT molecular complexity index is 470. The second kappa shape index (κ2) is 4.40. The Morgan fingerprint density at radius 2 is 2.22 bits per heavy atom. The van der Waals surface area contributed by atoms with Gasteiger partial charge in [0, 0.05) is 17.0 Å². The molecule has 0 aliphatic carbocycles. The number of phenols is 1. The van der Waals surface area contributed by atoms with Crippen molar-refractivity contribution in [3.05, 3.63) is 23.8 Å². The van der Waals surface area contributed by atoms with Crippen LogP contribution >= 0.6 is 0 Å². The molecule has 0 saturated carbocycles. The van der Waals surface area contributed by atoms with Crippen LogP contribution in [-0.4, -0.2) is 24.9 Å². The average Bonchev–Trinajstić information content (AvgIpc) is 2.32. The number of hydrogen-bond donors (Lipinski definition) is 2. The monoisotopic (exact) mass is 251 g/mol. The van der Waals surface area contributed by atoms with Crippen LogP contribution in [0, 0.1) is 5.41 Å². The van der Waals surface area contributed by atoms with E-state index in [1.807, 2.05) is 13.8 Å². The molecule has 1 heterocycles. The Kier molecular flexibility index (Phi) is 3.07. The van der Waals surface area contributed by atoms with Crippen LogP contribution in [0.1, 0.15) is 25.5 Å². The molecule has 2 N–H and O–H groups in total. The van der Waals surface area contributed by atoms with E-state index < -0.39 is 6.09 Å². The van der Waals surface area contributed by atoms with Gasteiger partial charge in [-0.15, -0.1) is 0 Å². The zero-order valence-electron chi connectivity index (χ0n) is 10.7. The molecule has 2 rings (SSSR count). The van der Waals surface area contributed by atoms with Crippen molar-refractivity contribution < 1.29 is 19.4 Å². The molecule has 1 saturated heterocycles. The molecular weight excluding hydrogens is 234 g/mol. The number of methoxy groups -OCH3 is 1. The van der Waals surface area contributed by atoms with Crippen molar-refractivity contribution in [2.75, 3.05) is 13.7 Å². The standard InChI is InChI=1S/C13H17NO4/c1-13(2)7-18-12(16)14-11(13)9-5-4-8(17-3)6-10(9)15/h4-6,11,15H,7H2,1-3H3,(H,14,16)/t11-/m0/s1. The topological polar surface area (TPSA) is 67.8 Å². The Morgan fingerprint density at radius 1 is 1.50 bits per heavy atom. The molecule has 1 aliphatic heterocycles. The van der Waals surface area contributed by atoms with Crippen LogP contribution in [0.15, 0.2) is 18.2 Å². The van der Waals surface area contributed by atoms with Gasteiger partial charge in [0.05, 0.1) is 13.2 Å². The highest BCUT2D eigenvalue weighted by atomic mass is 16.6. The molecule has 0 spiro atoms. The summed E-state index contributed by atoms with van der Waals surface area (Å²) < 4.78 is 10.0. The molecule has 1 aliphatic rings. The summed E-state index contributed by atoms with van der Waals surface area (Å²) in [4.78, 5) is 11.3. The van der Waals surface area contributed by atoms with E-state index in [1.165, 1.54) is 13.2 Å². The lowest BCUT2D eigenvalue weighted by atomic mass is 9.80. The lowest BCUT2D eigenvalue weighted by Crippen LogP contribution is -2.46. The van der Waals surface area contributed by atoms with Crippen LogP contribution < -0.4 is 10.1 Å². The molecular formula is C13H17NO4. The smallest absolute Gasteiger partial charge is 0.407 e. The molecule has 0 radical (unpaired) electrons. The highest BCUT2D eigenvalue weighted by Gasteiger charge is 2.39. The third-order valence-corrected chi connectivity index (χ3v) is 3.17. The van der Waals surface area contributed by atoms with Gasteiger partial charge < -0.3 is 19.9 Å². The fraction of sp³-hybridized carbons (Fsp3) is 0.462. The zero-order valence-corrected chi connectivity index (χ0v) is 10.7. The second-order valence-electron chi connectivity index (χ2n) is 5.07. The third kappa shape index (κ3) is 2.20. The molecule has 5 nitrogen and oxygen atoms in total. The van der Waals surface area contributed by atoms with Gasteiger partial charge in [-0.25, -0.2) is 4.79 Å². The minimum atomic E-state index is -0.463. The van der Waals surface area contributed by atoms with Gasteiger partial charge in [-0.05, 0) is 12.1 Å². The number of carbonyl (C=O) groups is 1. The number of nitrogens with one attached hydrogen (secondary N) is 1. The second-order valence-corrected chi connectivity index (χ2v) is 5.07. The van der Waals surface area contributed by atoms with Gasteiger partial charge in [0.2, 0.25) is 0 Å². The van der Waals surface area contributed by atoms with Crippen molar-refractivity contribution in [3.8, 4) is 11.5 Å². The Morgan fingerprint density at radius 3 is 2.83 bits per heavy atom. The number of amides is 1. The first kappa shape index (κ1) is 12.5. The third-order valence-electron chi connectivity index (χ3n) is 3.17. The summed E-state index contributed by atoms with van der Waals surface area (Å²) in [7, 11) is 1.54. The van der Waals surface area contributed by atoms with Gasteiger partial charge in [-0.2, -0.15) is 0 Å². The van der Waals surface area contributed by atoms with Gasteiger partial charge in [0.25, 0.3) is 0 Å². The summed E-state index contributed by atoms with van der Waals surface area (Å²) in [5.74, 6) is 0.682. The van der Waals surface area contributed by atoms with E-state index in [0.717, 1.165) is 0 Å². The molecule has 5 heteroatoms. The highest BCUT2D eigenvalue weighted by Crippen LogP contribution is 2.40. The molecule has 0 bridgehead atoms. The van der Waals surface area contributed by atoms with Crippen molar-refractivity contribution >= 4 is 6.09 Å². The summed E-state index contributed by atoms with van der Waals surface area (Å²) in [6.45, 7) is 4.26. The molecule has 1 aromatic rings. The van der Waals surface area contributed by atoms with Gasteiger partial charge in [-0.3, -0.25) is 0 Å². The Labute approximate surface area is 106 Å². The van der Waals surface area contributed by atoms with E-state index in [-0.39, 0.29) is 17.2 Å². The first-order valence-corrected chi connectivity index (χ1v) is 5.74. The van der Waals surface area contributed by atoms with Crippen LogP contribution in [0.3, 0.4) is 0 Å². The van der Waals surface area contributed by atoms with Gasteiger partial charge >= 0.3 is 6.09 Å². The average molecular weight is 251 g/mol.